The second-order valence-corrected chi connectivity index (χ2v) is 13.8. The van der Waals surface area contributed by atoms with Gasteiger partial charge in [-0.15, -0.1) is 11.3 Å². The Hall–Kier alpha value is -2.66. The van der Waals surface area contributed by atoms with E-state index in [1.165, 1.54) is 17.4 Å². The number of benzene rings is 1. The number of aromatic nitrogens is 1. The van der Waals surface area contributed by atoms with E-state index < -0.39 is 5.82 Å². The number of piperidine rings is 1. The molecule has 0 aliphatic carbocycles. The van der Waals surface area contributed by atoms with Gasteiger partial charge in [-0.3, -0.25) is 9.59 Å². The average molecular weight is 667 g/mol. The van der Waals surface area contributed by atoms with Gasteiger partial charge in [-0.1, -0.05) is 17.4 Å². The third-order valence-corrected chi connectivity index (χ3v) is 9.92. The van der Waals surface area contributed by atoms with Gasteiger partial charge in [0.05, 0.1) is 27.8 Å². The van der Waals surface area contributed by atoms with Crippen molar-refractivity contribution < 1.29 is 28.2 Å². The van der Waals surface area contributed by atoms with Crippen LogP contribution in [-0.2, 0) is 23.9 Å². The number of carbonyl (C=O) groups is 3. The molecular formula is C29H39FN6O5S3. The van der Waals surface area contributed by atoms with Gasteiger partial charge in [0.15, 0.2) is 10.9 Å². The summed E-state index contributed by atoms with van der Waals surface area (Å²) in [5, 5.41) is 8.17. The average Bonchev–Trinajstić information content (AvgIpc) is 3.67. The Bertz CT molecular complexity index is 1350. The lowest BCUT2D eigenvalue weighted by molar-refractivity contribution is -0.126. The van der Waals surface area contributed by atoms with Crippen LogP contribution in [0.1, 0.15) is 12.8 Å². The standard InChI is InChI=1S/C29H39FN6O5S3/c1-34(2)11-12-36(44-26-4-3-17-42-26)22-18-23(30)27-24(19-22)43-29(32-27)33-28(39)21-5-8-35(9-6-21)10-7-31-25(38)20-41-16-15-40-14-13-37/h3-4,13,17-19,21H,5-12,14-16,20H2,1-2H3,(H,31,38)(H,32,33,39). The number of nitrogens with one attached hydrogen (secondary N) is 2. The van der Waals surface area contributed by atoms with Gasteiger partial charge in [0.1, 0.15) is 25.0 Å². The zero-order valence-electron chi connectivity index (χ0n) is 25.0. The second kappa shape index (κ2) is 17.7. The van der Waals surface area contributed by atoms with Gasteiger partial charge in [0, 0.05) is 38.2 Å². The molecule has 1 aliphatic heterocycles. The molecule has 0 spiro atoms. The number of thiophene rings is 1. The van der Waals surface area contributed by atoms with Crippen LogP contribution < -0.4 is 14.9 Å². The summed E-state index contributed by atoms with van der Waals surface area (Å²) in [5.41, 5.74) is 1.02. The molecular weight excluding hydrogens is 628 g/mol. The smallest absolute Gasteiger partial charge is 0.246 e. The van der Waals surface area contributed by atoms with Gasteiger partial charge in [0.25, 0.3) is 0 Å². The molecule has 240 valence electrons. The quantitative estimate of drug-likeness (QED) is 0.119. The molecule has 11 nitrogen and oxygen atoms in total. The van der Waals surface area contributed by atoms with Gasteiger partial charge in [-0.05, 0) is 69.5 Å². The van der Waals surface area contributed by atoms with Crippen molar-refractivity contribution in [3.05, 3.63) is 35.5 Å². The van der Waals surface area contributed by atoms with Crippen LogP contribution in [0.3, 0.4) is 0 Å². The van der Waals surface area contributed by atoms with E-state index in [1.807, 2.05) is 37.7 Å². The fourth-order valence-corrected chi connectivity index (χ4v) is 7.27. The number of carbonyl (C=O) groups excluding carboxylic acids is 3. The van der Waals surface area contributed by atoms with Crippen molar-refractivity contribution in [1.82, 2.24) is 20.1 Å². The maximum absolute atomic E-state index is 15.2. The highest BCUT2D eigenvalue weighted by atomic mass is 32.2. The maximum Gasteiger partial charge on any atom is 0.246 e. The molecule has 3 aromatic rings. The summed E-state index contributed by atoms with van der Waals surface area (Å²) >= 11 is 4.51. The molecule has 2 aromatic heterocycles. The number of nitrogens with zero attached hydrogens (tertiary/aromatic N) is 4. The van der Waals surface area contributed by atoms with E-state index in [1.54, 1.807) is 23.3 Å². The summed E-state index contributed by atoms with van der Waals surface area (Å²) in [6, 6.07) is 7.50. The van der Waals surface area contributed by atoms with Crippen LogP contribution in [0, 0.1) is 11.7 Å². The molecule has 15 heteroatoms. The monoisotopic (exact) mass is 666 g/mol. The van der Waals surface area contributed by atoms with Gasteiger partial charge in [-0.2, -0.15) is 0 Å². The van der Waals surface area contributed by atoms with Crippen molar-refractivity contribution in [3.8, 4) is 0 Å². The zero-order chi connectivity index (χ0) is 31.3. The van der Waals surface area contributed by atoms with Gasteiger partial charge < -0.3 is 39.0 Å². The predicted molar refractivity (Wildman–Crippen MR) is 174 cm³/mol. The fraction of sp³-hybridized carbons (Fsp3) is 0.517. The molecule has 1 saturated heterocycles. The summed E-state index contributed by atoms with van der Waals surface area (Å²) in [5.74, 6) is -0.886. The molecule has 44 heavy (non-hydrogen) atoms. The third-order valence-electron chi connectivity index (χ3n) is 6.90. The maximum atomic E-state index is 15.2. The Balaban J connectivity index is 1.24. The summed E-state index contributed by atoms with van der Waals surface area (Å²) in [4.78, 5) is 43.9. The van der Waals surface area contributed by atoms with Crippen LogP contribution in [0.2, 0.25) is 0 Å². The molecule has 2 N–H and O–H groups in total. The number of amides is 2. The number of anilines is 2. The minimum Gasteiger partial charge on any atom is -0.372 e. The summed E-state index contributed by atoms with van der Waals surface area (Å²) in [6.45, 7) is 4.62. The molecule has 4 rings (SSSR count). The Labute approximate surface area is 269 Å². The Morgan fingerprint density at radius 2 is 2.00 bits per heavy atom. The van der Waals surface area contributed by atoms with Crippen LogP contribution in [-0.4, -0.2) is 113 Å². The molecule has 0 unspecified atom stereocenters. The first-order valence-corrected chi connectivity index (χ1v) is 16.9. The lowest BCUT2D eigenvalue weighted by atomic mass is 9.96. The Morgan fingerprint density at radius 3 is 2.73 bits per heavy atom. The lowest BCUT2D eigenvalue weighted by Crippen LogP contribution is -2.42. The number of likely N-dealkylation sites (N-methyl/N-ethyl adjacent to an activating group) is 1. The molecule has 1 aliphatic rings. The van der Waals surface area contributed by atoms with Crippen molar-refractivity contribution in [2.45, 2.75) is 17.1 Å². The normalized spacial score (nSPS) is 14.3. The second-order valence-electron chi connectivity index (χ2n) is 10.5. The zero-order valence-corrected chi connectivity index (χ0v) is 27.4. The first-order chi connectivity index (χ1) is 21.3. The largest absolute Gasteiger partial charge is 0.372 e. The van der Waals surface area contributed by atoms with E-state index in [9.17, 15) is 14.4 Å². The SMILES string of the molecule is CN(C)CCN(Sc1cccs1)c1cc(F)c2nc(NC(=O)C3CCN(CCNC(=O)COCCOCC=O)CC3)sc2c1. The number of hydrogen-bond donors (Lipinski definition) is 2. The van der Waals surface area contributed by atoms with Crippen molar-refractivity contribution in [2.24, 2.45) is 5.92 Å². The van der Waals surface area contributed by atoms with Crippen molar-refractivity contribution in [1.29, 1.82) is 0 Å². The Morgan fingerprint density at radius 1 is 1.20 bits per heavy atom. The summed E-state index contributed by atoms with van der Waals surface area (Å²) in [6.07, 6.45) is 2.04. The molecule has 1 fully saturated rings. The number of hydrogen-bond acceptors (Lipinski definition) is 12. The highest BCUT2D eigenvalue weighted by Gasteiger charge is 2.26. The van der Waals surface area contributed by atoms with Gasteiger partial charge in [-0.25, -0.2) is 9.37 Å². The number of fused-ring (bicyclic) bond motifs is 1. The van der Waals surface area contributed by atoms with E-state index in [2.05, 4.69) is 29.7 Å². The topological polar surface area (TPSA) is 116 Å². The Kier molecular flexibility index (Phi) is 13.8. The van der Waals surface area contributed by atoms with E-state index >= 15 is 4.39 Å². The lowest BCUT2D eigenvalue weighted by Gasteiger charge is -2.31. The van der Waals surface area contributed by atoms with Crippen molar-refractivity contribution in [3.63, 3.8) is 0 Å². The van der Waals surface area contributed by atoms with Gasteiger partial charge in [0.2, 0.25) is 11.8 Å². The van der Waals surface area contributed by atoms with Crippen LogP contribution in [0.25, 0.3) is 10.2 Å². The molecule has 1 aromatic carbocycles. The van der Waals surface area contributed by atoms with E-state index in [0.717, 1.165) is 29.5 Å². The number of aldehydes is 1. The summed E-state index contributed by atoms with van der Waals surface area (Å²) in [7, 11) is 4.02. The van der Waals surface area contributed by atoms with E-state index in [4.69, 9.17) is 9.47 Å². The minimum atomic E-state index is -0.411. The van der Waals surface area contributed by atoms with Crippen LogP contribution in [0.5, 0.6) is 0 Å². The van der Waals surface area contributed by atoms with Crippen LogP contribution >= 0.6 is 34.6 Å². The first-order valence-electron chi connectivity index (χ1n) is 14.4. The molecule has 0 saturated carbocycles. The van der Waals surface area contributed by atoms with E-state index in [0.29, 0.717) is 48.6 Å². The van der Waals surface area contributed by atoms with Gasteiger partial charge >= 0.3 is 0 Å². The van der Waals surface area contributed by atoms with Crippen molar-refractivity contribution >= 4 is 73.8 Å². The summed E-state index contributed by atoms with van der Waals surface area (Å²) < 4.78 is 29.3. The van der Waals surface area contributed by atoms with Crippen LogP contribution in [0.4, 0.5) is 15.2 Å². The number of ether oxygens (including phenoxy) is 2. The molecule has 0 radical (unpaired) electrons. The minimum absolute atomic E-state index is 0.0174. The highest BCUT2D eigenvalue weighted by Crippen LogP contribution is 2.37. The number of rotatable bonds is 18. The number of halogens is 1. The number of likely N-dealkylation sites (tertiary alicyclic amines) is 1. The number of thiazole rings is 1. The first kappa shape index (κ1) is 34.2. The molecule has 2 amide bonds. The van der Waals surface area contributed by atoms with Crippen LogP contribution in [0.15, 0.2) is 33.9 Å². The molecule has 3 heterocycles. The molecule has 0 bridgehead atoms. The highest BCUT2D eigenvalue weighted by molar-refractivity contribution is 8.02. The predicted octanol–water partition coefficient (Wildman–Crippen LogP) is 3.57. The fourth-order valence-electron chi connectivity index (χ4n) is 4.56. The van der Waals surface area contributed by atoms with E-state index in [-0.39, 0.29) is 49.7 Å². The van der Waals surface area contributed by atoms with Crippen molar-refractivity contribution in [2.75, 3.05) is 89.4 Å². The molecule has 0 atom stereocenters. The third kappa shape index (κ3) is 10.8.